The topological polar surface area (TPSA) is 58.6 Å². The second kappa shape index (κ2) is 6.32. The van der Waals surface area contributed by atoms with Crippen molar-refractivity contribution in [3.05, 3.63) is 30.1 Å². The summed E-state index contributed by atoms with van der Waals surface area (Å²) in [7, 11) is 0. The van der Waals surface area contributed by atoms with E-state index in [9.17, 15) is 14.0 Å². The molecule has 1 aliphatic carbocycles. The van der Waals surface area contributed by atoms with Crippen LogP contribution in [0.4, 0.5) is 9.18 Å². The first-order chi connectivity index (χ1) is 11.7. The lowest BCUT2D eigenvalue weighted by atomic mass is 9.64. The third-order valence-electron chi connectivity index (χ3n) is 5.03. The van der Waals surface area contributed by atoms with Crippen molar-refractivity contribution in [1.82, 2.24) is 10.2 Å². The molecule has 5 nitrogen and oxygen atoms in total. The number of nitrogens with zero attached hydrogens (tertiary/aromatic N) is 1. The van der Waals surface area contributed by atoms with Crippen LogP contribution in [0.3, 0.4) is 0 Å². The predicted molar refractivity (Wildman–Crippen MR) is 91.7 cm³/mol. The van der Waals surface area contributed by atoms with Crippen LogP contribution in [0.5, 0.6) is 5.75 Å². The molecule has 1 N–H and O–H groups in total. The molecule has 1 heterocycles. The van der Waals surface area contributed by atoms with Crippen molar-refractivity contribution in [1.29, 1.82) is 0 Å². The summed E-state index contributed by atoms with van der Waals surface area (Å²) < 4.78 is 19.0. The van der Waals surface area contributed by atoms with Crippen LogP contribution in [0, 0.1) is 17.2 Å². The van der Waals surface area contributed by atoms with Gasteiger partial charge in [0.25, 0.3) is 5.91 Å². The van der Waals surface area contributed by atoms with Crippen molar-refractivity contribution in [2.24, 2.45) is 11.3 Å². The fraction of sp³-hybridized carbons (Fsp3) is 0.579. The van der Waals surface area contributed by atoms with E-state index < -0.39 is 11.4 Å². The van der Waals surface area contributed by atoms with Gasteiger partial charge in [-0.25, -0.2) is 9.18 Å². The van der Waals surface area contributed by atoms with E-state index in [0.29, 0.717) is 18.8 Å². The molecule has 0 aromatic heterocycles. The zero-order chi connectivity index (χ0) is 18.2. The Balaban J connectivity index is 1.66. The largest absolute Gasteiger partial charge is 0.489 e. The highest BCUT2D eigenvalue weighted by atomic mass is 19.1. The highest BCUT2D eigenvalue weighted by Gasteiger charge is 2.55. The van der Waals surface area contributed by atoms with Gasteiger partial charge in [0, 0.05) is 0 Å². The van der Waals surface area contributed by atoms with Crippen LogP contribution in [0.15, 0.2) is 24.3 Å². The van der Waals surface area contributed by atoms with E-state index in [4.69, 9.17) is 4.74 Å². The van der Waals surface area contributed by atoms with Gasteiger partial charge in [-0.3, -0.25) is 9.69 Å². The molecule has 136 valence electrons. The van der Waals surface area contributed by atoms with Gasteiger partial charge in [-0.2, -0.15) is 0 Å². The summed E-state index contributed by atoms with van der Waals surface area (Å²) in [4.78, 5) is 26.5. The fourth-order valence-electron chi connectivity index (χ4n) is 4.52. The zero-order valence-electron chi connectivity index (χ0n) is 15.0. The third kappa shape index (κ3) is 3.48. The van der Waals surface area contributed by atoms with Gasteiger partial charge in [-0.15, -0.1) is 0 Å². The lowest BCUT2D eigenvalue weighted by molar-refractivity contribution is -0.135. The fourth-order valence-corrected chi connectivity index (χ4v) is 4.52. The number of hydrogen-bond acceptors (Lipinski definition) is 3. The highest BCUT2D eigenvalue weighted by molar-refractivity contribution is 6.07. The lowest BCUT2D eigenvalue weighted by Gasteiger charge is -2.43. The Hall–Kier alpha value is -2.11. The summed E-state index contributed by atoms with van der Waals surface area (Å²) in [5.74, 6) is -0.160. The van der Waals surface area contributed by atoms with Crippen molar-refractivity contribution in [3.8, 4) is 5.75 Å². The summed E-state index contributed by atoms with van der Waals surface area (Å²) >= 11 is 0. The van der Waals surface area contributed by atoms with E-state index in [1.807, 2.05) is 0 Å². The van der Waals surface area contributed by atoms with E-state index in [-0.39, 0.29) is 36.3 Å². The van der Waals surface area contributed by atoms with Gasteiger partial charge in [0.2, 0.25) is 0 Å². The molecule has 1 saturated heterocycles. The monoisotopic (exact) mass is 348 g/mol. The van der Waals surface area contributed by atoms with Crippen LogP contribution in [0.2, 0.25) is 0 Å². The summed E-state index contributed by atoms with van der Waals surface area (Å²) in [6.07, 6.45) is 2.33. The molecule has 0 radical (unpaired) electrons. The number of hydrogen-bond donors (Lipinski definition) is 1. The van der Waals surface area contributed by atoms with Crippen molar-refractivity contribution in [3.63, 3.8) is 0 Å². The smallest absolute Gasteiger partial charge is 0.325 e. The minimum Gasteiger partial charge on any atom is -0.489 e. The molecule has 0 bridgehead atoms. The molecular formula is C19H25FN2O3. The van der Waals surface area contributed by atoms with Crippen LogP contribution in [0.1, 0.15) is 40.0 Å². The second-order valence-corrected chi connectivity index (χ2v) is 8.10. The number of urea groups is 1. The minimum atomic E-state index is -0.809. The molecule has 2 aliphatic rings. The van der Waals surface area contributed by atoms with Gasteiger partial charge in [-0.05, 0) is 42.7 Å². The number of amides is 3. The first-order valence-corrected chi connectivity index (χ1v) is 8.74. The molecule has 0 unspecified atom stereocenters. The summed E-state index contributed by atoms with van der Waals surface area (Å²) in [6, 6.07) is 5.70. The molecule has 1 saturated carbocycles. The first-order valence-electron chi connectivity index (χ1n) is 8.74. The predicted octanol–water partition coefficient (Wildman–Crippen LogP) is 3.34. The molecule has 1 aromatic carbocycles. The summed E-state index contributed by atoms with van der Waals surface area (Å²) in [5.41, 5.74) is -0.809. The van der Waals surface area contributed by atoms with Crippen molar-refractivity contribution < 1.29 is 18.7 Å². The Labute approximate surface area is 147 Å². The number of benzene rings is 1. The van der Waals surface area contributed by atoms with Crippen LogP contribution in [0.25, 0.3) is 0 Å². The molecule has 1 aromatic rings. The number of carbonyl (C=O) groups is 2. The number of imide groups is 1. The Morgan fingerprint density at radius 2 is 2.00 bits per heavy atom. The molecule has 3 rings (SSSR count). The van der Waals surface area contributed by atoms with E-state index >= 15 is 0 Å². The number of nitrogens with one attached hydrogen (secondary N) is 1. The first kappa shape index (κ1) is 17.7. The lowest BCUT2D eigenvalue weighted by Crippen LogP contribution is -2.54. The summed E-state index contributed by atoms with van der Waals surface area (Å²) in [6.45, 7) is 6.55. The molecular weight excluding hydrogens is 323 g/mol. The number of para-hydroxylation sites is 1. The van der Waals surface area contributed by atoms with Gasteiger partial charge >= 0.3 is 6.03 Å². The minimum absolute atomic E-state index is 0.000282. The molecule has 1 aliphatic heterocycles. The highest BCUT2D eigenvalue weighted by Crippen LogP contribution is 2.46. The number of rotatable bonds is 4. The van der Waals surface area contributed by atoms with Crippen molar-refractivity contribution in [2.75, 3.05) is 13.2 Å². The van der Waals surface area contributed by atoms with E-state index in [1.54, 1.807) is 12.1 Å². The normalized spacial score (nSPS) is 28.3. The maximum absolute atomic E-state index is 13.6. The Morgan fingerprint density at radius 3 is 2.68 bits per heavy atom. The summed E-state index contributed by atoms with van der Waals surface area (Å²) in [5, 5.41) is 2.92. The van der Waals surface area contributed by atoms with Crippen molar-refractivity contribution in [2.45, 2.75) is 45.6 Å². The van der Waals surface area contributed by atoms with Crippen molar-refractivity contribution >= 4 is 11.9 Å². The Bertz CT molecular complexity index is 691. The third-order valence-corrected chi connectivity index (χ3v) is 5.03. The maximum Gasteiger partial charge on any atom is 0.325 e. The van der Waals surface area contributed by atoms with E-state index in [0.717, 1.165) is 6.42 Å². The molecule has 3 amide bonds. The number of ether oxygens (including phenoxy) is 1. The van der Waals surface area contributed by atoms with Gasteiger partial charge in [0.15, 0.2) is 11.6 Å². The van der Waals surface area contributed by atoms with Gasteiger partial charge < -0.3 is 10.1 Å². The average molecular weight is 348 g/mol. The van der Waals surface area contributed by atoms with E-state index in [1.165, 1.54) is 17.0 Å². The SMILES string of the molecule is C[C@@H]1CC(C)(C)C[C@@]2(C1)NC(=O)N(CCOc1ccccc1F)C2=O. The average Bonchev–Trinajstić information content (AvgIpc) is 2.70. The molecule has 2 fully saturated rings. The van der Waals surface area contributed by atoms with Crippen LogP contribution < -0.4 is 10.1 Å². The molecule has 1 spiro atoms. The van der Waals surface area contributed by atoms with Crippen LogP contribution in [-0.2, 0) is 4.79 Å². The van der Waals surface area contributed by atoms with E-state index in [2.05, 4.69) is 26.1 Å². The second-order valence-electron chi connectivity index (χ2n) is 8.10. The number of halogens is 1. The Morgan fingerprint density at radius 1 is 1.28 bits per heavy atom. The van der Waals surface area contributed by atoms with Crippen LogP contribution in [-0.4, -0.2) is 35.5 Å². The Kier molecular flexibility index (Phi) is 4.47. The zero-order valence-corrected chi connectivity index (χ0v) is 15.0. The van der Waals surface area contributed by atoms with Gasteiger partial charge in [0.1, 0.15) is 12.1 Å². The van der Waals surface area contributed by atoms with Crippen LogP contribution >= 0.6 is 0 Å². The van der Waals surface area contributed by atoms with Gasteiger partial charge in [-0.1, -0.05) is 32.9 Å². The maximum atomic E-state index is 13.6. The molecule has 2 atom stereocenters. The molecule has 6 heteroatoms. The van der Waals surface area contributed by atoms with Gasteiger partial charge in [0.05, 0.1) is 6.54 Å². The quantitative estimate of drug-likeness (QED) is 0.849. The number of carbonyl (C=O) groups excluding carboxylic acids is 2. The molecule has 25 heavy (non-hydrogen) atoms. The standard InChI is InChI=1S/C19H25FN2O3/c1-13-10-18(2,3)12-19(11-13)16(23)22(17(24)21-19)8-9-25-15-7-5-4-6-14(15)20/h4-7,13H,8-12H2,1-3H3,(H,21,24)/t13-,19-/m1/s1.